The first-order chi connectivity index (χ1) is 9.22. The number of sulfonamides is 1. The van der Waals surface area contributed by atoms with Gasteiger partial charge in [0, 0.05) is 6.54 Å². The van der Waals surface area contributed by atoms with Crippen molar-refractivity contribution in [2.45, 2.75) is 38.2 Å². The highest BCUT2D eigenvalue weighted by molar-refractivity contribution is 7.89. The van der Waals surface area contributed by atoms with Crippen LogP contribution in [0.15, 0.2) is 23.1 Å². The van der Waals surface area contributed by atoms with Crippen molar-refractivity contribution in [1.82, 2.24) is 4.72 Å². The molecule has 0 unspecified atom stereocenters. The van der Waals surface area contributed by atoms with Gasteiger partial charge in [-0.05, 0) is 44.5 Å². The standard InChI is InChI=1S/C13H19NO5S/c1-9(2)19-12-5-4-11(8-10(12)3)20(17,18)14-7-6-13(15)16/h4-5,8-9,14H,6-7H2,1-3H3,(H,15,16). The van der Waals surface area contributed by atoms with Crippen molar-refractivity contribution in [3.8, 4) is 5.75 Å². The first-order valence-electron chi connectivity index (χ1n) is 6.21. The van der Waals surface area contributed by atoms with Gasteiger partial charge in [0.25, 0.3) is 0 Å². The molecule has 0 aromatic heterocycles. The summed E-state index contributed by atoms with van der Waals surface area (Å²) in [6, 6.07) is 4.54. The molecule has 0 spiro atoms. The number of carbonyl (C=O) groups is 1. The van der Waals surface area contributed by atoms with E-state index in [4.69, 9.17) is 9.84 Å². The smallest absolute Gasteiger partial charge is 0.304 e. The van der Waals surface area contributed by atoms with E-state index in [0.717, 1.165) is 0 Å². The Balaban J connectivity index is 2.85. The highest BCUT2D eigenvalue weighted by Crippen LogP contribution is 2.22. The summed E-state index contributed by atoms with van der Waals surface area (Å²) >= 11 is 0. The lowest BCUT2D eigenvalue weighted by Gasteiger charge is -2.13. The van der Waals surface area contributed by atoms with Gasteiger partial charge in [0.15, 0.2) is 0 Å². The number of carboxylic acid groups (broad SMARTS) is 1. The lowest BCUT2D eigenvalue weighted by molar-refractivity contribution is -0.136. The van der Waals surface area contributed by atoms with Gasteiger partial charge >= 0.3 is 5.97 Å². The molecule has 0 amide bonds. The summed E-state index contributed by atoms with van der Waals surface area (Å²) in [4.78, 5) is 10.5. The zero-order chi connectivity index (χ0) is 15.3. The Morgan fingerprint density at radius 1 is 1.40 bits per heavy atom. The highest BCUT2D eigenvalue weighted by atomic mass is 32.2. The number of aryl methyl sites for hydroxylation is 1. The third-order valence-electron chi connectivity index (χ3n) is 2.45. The summed E-state index contributed by atoms with van der Waals surface area (Å²) < 4.78 is 31.7. The van der Waals surface area contributed by atoms with E-state index < -0.39 is 16.0 Å². The Morgan fingerprint density at radius 2 is 2.05 bits per heavy atom. The maximum absolute atomic E-state index is 12.0. The van der Waals surface area contributed by atoms with Crippen LogP contribution in [-0.4, -0.2) is 32.1 Å². The van der Waals surface area contributed by atoms with Gasteiger partial charge in [-0.2, -0.15) is 0 Å². The summed E-state index contributed by atoms with van der Waals surface area (Å²) in [5.41, 5.74) is 0.708. The van der Waals surface area contributed by atoms with Crippen molar-refractivity contribution in [3.63, 3.8) is 0 Å². The van der Waals surface area contributed by atoms with Crippen molar-refractivity contribution < 1.29 is 23.1 Å². The van der Waals surface area contributed by atoms with Crippen LogP contribution in [0.1, 0.15) is 25.8 Å². The monoisotopic (exact) mass is 301 g/mol. The van der Waals surface area contributed by atoms with Gasteiger partial charge in [-0.25, -0.2) is 13.1 Å². The summed E-state index contributed by atoms with van der Waals surface area (Å²) in [6.07, 6.45) is -0.253. The number of aliphatic carboxylic acids is 1. The van der Waals surface area contributed by atoms with Gasteiger partial charge in [-0.15, -0.1) is 0 Å². The van der Waals surface area contributed by atoms with Crippen molar-refractivity contribution in [2.24, 2.45) is 0 Å². The minimum atomic E-state index is -3.69. The molecule has 7 heteroatoms. The van der Waals surface area contributed by atoms with Gasteiger partial charge in [0.05, 0.1) is 17.4 Å². The van der Waals surface area contributed by atoms with E-state index in [2.05, 4.69) is 4.72 Å². The second-order valence-electron chi connectivity index (χ2n) is 4.64. The van der Waals surface area contributed by atoms with Crippen LogP contribution < -0.4 is 9.46 Å². The van der Waals surface area contributed by atoms with Crippen LogP contribution in [0.4, 0.5) is 0 Å². The number of hydrogen-bond acceptors (Lipinski definition) is 4. The molecule has 1 aromatic rings. The molecule has 0 radical (unpaired) electrons. The summed E-state index contributed by atoms with van der Waals surface area (Å²) in [5, 5.41) is 8.49. The zero-order valence-electron chi connectivity index (χ0n) is 11.7. The number of ether oxygens (including phenoxy) is 1. The Morgan fingerprint density at radius 3 is 2.55 bits per heavy atom. The predicted molar refractivity (Wildman–Crippen MR) is 74.4 cm³/mol. The van der Waals surface area contributed by atoms with Crippen LogP contribution >= 0.6 is 0 Å². The van der Waals surface area contributed by atoms with Gasteiger partial charge in [-0.1, -0.05) is 0 Å². The first kappa shape index (κ1) is 16.5. The third kappa shape index (κ3) is 4.82. The molecular formula is C13H19NO5S. The predicted octanol–water partition coefficient (Wildman–Crippen LogP) is 1.54. The molecule has 2 N–H and O–H groups in total. The molecule has 0 heterocycles. The molecule has 0 fully saturated rings. The molecule has 0 aliphatic heterocycles. The number of rotatable bonds is 7. The number of hydrogen-bond donors (Lipinski definition) is 2. The van der Waals surface area contributed by atoms with E-state index in [1.54, 1.807) is 13.0 Å². The van der Waals surface area contributed by atoms with Crippen LogP contribution in [0.5, 0.6) is 5.75 Å². The topological polar surface area (TPSA) is 92.7 Å². The first-order valence-corrected chi connectivity index (χ1v) is 7.69. The van der Waals surface area contributed by atoms with Crippen LogP contribution in [0.3, 0.4) is 0 Å². The Bertz CT molecular complexity index is 580. The number of nitrogens with one attached hydrogen (secondary N) is 1. The molecule has 0 saturated heterocycles. The van der Waals surface area contributed by atoms with Gasteiger partial charge in [-0.3, -0.25) is 4.79 Å². The molecule has 0 aliphatic carbocycles. The largest absolute Gasteiger partial charge is 0.491 e. The molecule has 20 heavy (non-hydrogen) atoms. The Kier molecular flexibility index (Phi) is 5.52. The summed E-state index contributed by atoms with van der Waals surface area (Å²) in [7, 11) is -3.69. The van der Waals surface area contributed by atoms with Gasteiger partial charge < -0.3 is 9.84 Å². The van der Waals surface area contributed by atoms with E-state index in [1.807, 2.05) is 13.8 Å². The molecule has 0 saturated carbocycles. The summed E-state index contributed by atoms with van der Waals surface area (Å²) in [5.74, 6) is -0.422. The van der Waals surface area contributed by atoms with Crippen molar-refractivity contribution in [1.29, 1.82) is 0 Å². The van der Waals surface area contributed by atoms with Crippen LogP contribution in [0, 0.1) is 6.92 Å². The lowest BCUT2D eigenvalue weighted by Crippen LogP contribution is -2.26. The zero-order valence-corrected chi connectivity index (χ0v) is 12.5. The fourth-order valence-electron chi connectivity index (χ4n) is 1.55. The fraction of sp³-hybridized carbons (Fsp3) is 0.462. The van der Waals surface area contributed by atoms with E-state index in [-0.39, 0.29) is 24.0 Å². The van der Waals surface area contributed by atoms with Crippen molar-refractivity contribution in [2.75, 3.05) is 6.54 Å². The maximum atomic E-state index is 12.0. The number of carboxylic acids is 1. The van der Waals surface area contributed by atoms with E-state index in [0.29, 0.717) is 11.3 Å². The van der Waals surface area contributed by atoms with Crippen LogP contribution in [0.2, 0.25) is 0 Å². The number of benzene rings is 1. The van der Waals surface area contributed by atoms with Crippen LogP contribution in [-0.2, 0) is 14.8 Å². The fourth-order valence-corrected chi connectivity index (χ4v) is 2.67. The second-order valence-corrected chi connectivity index (χ2v) is 6.40. The lowest BCUT2D eigenvalue weighted by atomic mass is 10.2. The van der Waals surface area contributed by atoms with Crippen LogP contribution in [0.25, 0.3) is 0 Å². The van der Waals surface area contributed by atoms with Crippen molar-refractivity contribution in [3.05, 3.63) is 23.8 Å². The van der Waals surface area contributed by atoms with Crippen molar-refractivity contribution >= 4 is 16.0 Å². The van der Waals surface area contributed by atoms with E-state index >= 15 is 0 Å². The molecule has 1 rings (SSSR count). The highest BCUT2D eigenvalue weighted by Gasteiger charge is 2.15. The molecule has 112 valence electrons. The molecule has 0 aliphatic rings. The molecule has 0 atom stereocenters. The van der Waals surface area contributed by atoms with E-state index in [1.165, 1.54) is 12.1 Å². The third-order valence-corrected chi connectivity index (χ3v) is 3.91. The summed E-state index contributed by atoms with van der Waals surface area (Å²) in [6.45, 7) is 5.39. The Hall–Kier alpha value is -1.60. The minimum absolute atomic E-state index is 0.00449. The SMILES string of the molecule is Cc1cc(S(=O)(=O)NCCC(=O)O)ccc1OC(C)C. The normalized spacial score (nSPS) is 11.6. The average molecular weight is 301 g/mol. The Labute approximate surface area is 118 Å². The molecule has 0 bridgehead atoms. The van der Waals surface area contributed by atoms with Gasteiger partial charge in [0.2, 0.25) is 10.0 Å². The quantitative estimate of drug-likeness (QED) is 0.797. The molecule has 6 nitrogen and oxygen atoms in total. The second kappa shape index (κ2) is 6.71. The van der Waals surface area contributed by atoms with E-state index in [9.17, 15) is 13.2 Å². The van der Waals surface area contributed by atoms with Gasteiger partial charge in [0.1, 0.15) is 5.75 Å². The molecular weight excluding hydrogens is 282 g/mol. The average Bonchev–Trinajstić information content (AvgIpc) is 2.30. The molecule has 1 aromatic carbocycles. The maximum Gasteiger partial charge on any atom is 0.304 e. The minimum Gasteiger partial charge on any atom is -0.491 e.